The zero-order valence-corrected chi connectivity index (χ0v) is 9.94. The van der Waals surface area contributed by atoms with Crippen molar-refractivity contribution in [3.63, 3.8) is 0 Å². The summed E-state index contributed by atoms with van der Waals surface area (Å²) in [4.78, 5) is 26.5. The number of hydrogen-bond acceptors (Lipinski definition) is 5. The van der Waals surface area contributed by atoms with Crippen LogP contribution in [0.1, 0.15) is 6.42 Å². The van der Waals surface area contributed by atoms with Crippen LogP contribution in [0.25, 0.3) is 0 Å². The quantitative estimate of drug-likeness (QED) is 0.618. The molecule has 3 rings (SSSR count). The number of anilines is 1. The maximum Gasteiger partial charge on any atom is 0.405 e. The van der Waals surface area contributed by atoms with E-state index < -0.39 is 11.0 Å². The van der Waals surface area contributed by atoms with E-state index in [0.29, 0.717) is 12.5 Å². The van der Waals surface area contributed by atoms with E-state index >= 15 is 0 Å². The molecule has 2 heterocycles. The number of nitrogens with zero attached hydrogens (tertiary/aromatic N) is 3. The minimum Gasteiger partial charge on any atom is -0.465 e. The van der Waals surface area contributed by atoms with Crippen molar-refractivity contribution >= 4 is 17.6 Å². The summed E-state index contributed by atoms with van der Waals surface area (Å²) in [5, 5.41) is 21.9. The molecular formula is C11H12N4O4. The van der Waals surface area contributed by atoms with Crippen LogP contribution in [0, 0.1) is 16.0 Å². The van der Waals surface area contributed by atoms with Crippen LogP contribution in [0.4, 0.5) is 16.3 Å². The highest BCUT2D eigenvalue weighted by atomic mass is 16.6. The minimum atomic E-state index is -1.01. The van der Waals surface area contributed by atoms with Gasteiger partial charge in [0.15, 0.2) is 6.20 Å². The molecule has 2 atom stereocenters. The highest BCUT2D eigenvalue weighted by Crippen LogP contribution is 2.50. The summed E-state index contributed by atoms with van der Waals surface area (Å²) < 4.78 is 0. The highest BCUT2D eigenvalue weighted by molar-refractivity contribution is 5.67. The average molecular weight is 264 g/mol. The van der Waals surface area contributed by atoms with Crippen LogP contribution in [-0.4, -0.2) is 39.7 Å². The standard InChI is InChI=1S/C11H12N4O4/c16-10(17)13-11-3-7(11)5-14(6-11)8-1-2-9(12-4-8)15(18)19/h1-2,4,7,13H,3,5-6H2,(H,16,17). The molecule has 0 radical (unpaired) electrons. The molecule has 1 aromatic heterocycles. The molecule has 1 aliphatic heterocycles. The Hall–Kier alpha value is -2.38. The molecule has 2 aliphatic rings. The number of pyridine rings is 1. The van der Waals surface area contributed by atoms with Crippen LogP contribution in [0.2, 0.25) is 0 Å². The summed E-state index contributed by atoms with van der Waals surface area (Å²) in [6.45, 7) is 1.34. The Morgan fingerprint density at radius 2 is 2.42 bits per heavy atom. The van der Waals surface area contributed by atoms with Crippen molar-refractivity contribution in [1.29, 1.82) is 0 Å². The van der Waals surface area contributed by atoms with Gasteiger partial charge in [0.1, 0.15) is 0 Å². The largest absolute Gasteiger partial charge is 0.465 e. The van der Waals surface area contributed by atoms with Crippen molar-refractivity contribution < 1.29 is 14.8 Å². The molecule has 2 unspecified atom stereocenters. The lowest BCUT2D eigenvalue weighted by Gasteiger charge is -2.21. The van der Waals surface area contributed by atoms with Gasteiger partial charge < -0.3 is 25.4 Å². The van der Waals surface area contributed by atoms with E-state index in [2.05, 4.69) is 10.3 Å². The fraction of sp³-hybridized carbons (Fsp3) is 0.455. The zero-order valence-electron chi connectivity index (χ0n) is 9.94. The predicted molar refractivity (Wildman–Crippen MR) is 65.1 cm³/mol. The van der Waals surface area contributed by atoms with Gasteiger partial charge in [-0.05, 0) is 22.4 Å². The van der Waals surface area contributed by atoms with E-state index in [0.717, 1.165) is 18.7 Å². The molecule has 2 N–H and O–H groups in total. The highest BCUT2D eigenvalue weighted by Gasteiger charge is 2.61. The molecule has 8 heteroatoms. The molecule has 2 fully saturated rings. The fourth-order valence-electron chi connectivity index (χ4n) is 2.76. The minimum absolute atomic E-state index is 0.188. The number of piperidine rings is 1. The van der Waals surface area contributed by atoms with Gasteiger partial charge in [-0.3, -0.25) is 0 Å². The summed E-state index contributed by atoms with van der Waals surface area (Å²) in [7, 11) is 0. The van der Waals surface area contributed by atoms with Gasteiger partial charge in [0, 0.05) is 25.1 Å². The van der Waals surface area contributed by atoms with Crippen molar-refractivity contribution in [2.75, 3.05) is 18.0 Å². The molecule has 1 saturated carbocycles. The van der Waals surface area contributed by atoms with Gasteiger partial charge in [0.2, 0.25) is 0 Å². The van der Waals surface area contributed by atoms with Gasteiger partial charge in [0.25, 0.3) is 0 Å². The Morgan fingerprint density at radius 1 is 1.63 bits per heavy atom. The number of nitrogens with one attached hydrogen (secondary N) is 1. The van der Waals surface area contributed by atoms with E-state index in [-0.39, 0.29) is 11.4 Å². The summed E-state index contributed by atoms with van der Waals surface area (Å²) in [5.74, 6) is 0.130. The second-order valence-corrected chi connectivity index (χ2v) is 5.00. The van der Waals surface area contributed by atoms with E-state index in [9.17, 15) is 14.9 Å². The lowest BCUT2D eigenvalue weighted by molar-refractivity contribution is -0.389. The van der Waals surface area contributed by atoms with Crippen molar-refractivity contribution in [3.8, 4) is 0 Å². The first-order valence-electron chi connectivity index (χ1n) is 5.87. The summed E-state index contributed by atoms with van der Waals surface area (Å²) >= 11 is 0. The number of fused-ring (bicyclic) bond motifs is 1. The van der Waals surface area contributed by atoms with Gasteiger partial charge in [0.05, 0.1) is 11.2 Å². The molecule has 0 bridgehead atoms. The monoisotopic (exact) mass is 264 g/mol. The third-order valence-corrected chi connectivity index (χ3v) is 3.79. The third-order valence-electron chi connectivity index (χ3n) is 3.79. The van der Waals surface area contributed by atoms with E-state index in [1.807, 2.05) is 4.90 Å². The fourth-order valence-corrected chi connectivity index (χ4v) is 2.76. The molecule has 8 nitrogen and oxygen atoms in total. The van der Waals surface area contributed by atoms with Crippen LogP contribution in [-0.2, 0) is 0 Å². The Labute approximate surface area is 108 Å². The number of hydrogen-bond donors (Lipinski definition) is 2. The van der Waals surface area contributed by atoms with Gasteiger partial charge >= 0.3 is 11.9 Å². The van der Waals surface area contributed by atoms with Crippen molar-refractivity contribution in [1.82, 2.24) is 10.3 Å². The number of carboxylic acid groups (broad SMARTS) is 1. The molecular weight excluding hydrogens is 252 g/mol. The first-order valence-corrected chi connectivity index (χ1v) is 5.87. The molecule has 1 aliphatic carbocycles. The second-order valence-electron chi connectivity index (χ2n) is 5.00. The Morgan fingerprint density at radius 3 is 3.00 bits per heavy atom. The first kappa shape index (κ1) is 11.7. The maximum atomic E-state index is 10.7. The molecule has 1 saturated heterocycles. The molecule has 0 aromatic carbocycles. The number of rotatable bonds is 3. The lowest BCUT2D eigenvalue weighted by Crippen LogP contribution is -2.41. The first-order chi connectivity index (χ1) is 9.00. The smallest absolute Gasteiger partial charge is 0.405 e. The van der Waals surface area contributed by atoms with Crippen LogP contribution in [0.5, 0.6) is 0 Å². The van der Waals surface area contributed by atoms with Crippen molar-refractivity contribution in [2.45, 2.75) is 12.0 Å². The lowest BCUT2D eigenvalue weighted by atomic mass is 10.2. The number of carbonyl (C=O) groups is 1. The van der Waals surface area contributed by atoms with E-state index in [1.54, 1.807) is 6.07 Å². The van der Waals surface area contributed by atoms with Crippen LogP contribution >= 0.6 is 0 Å². The van der Waals surface area contributed by atoms with Gasteiger partial charge in [-0.1, -0.05) is 0 Å². The van der Waals surface area contributed by atoms with Gasteiger partial charge in [-0.15, -0.1) is 0 Å². The summed E-state index contributed by atoms with van der Waals surface area (Å²) in [6.07, 6.45) is 1.30. The van der Waals surface area contributed by atoms with Gasteiger partial charge in [-0.25, -0.2) is 4.79 Å². The Bertz CT molecular complexity index is 546. The SMILES string of the molecule is O=C(O)NC12CC1CN(c1ccc([N+](=O)[O-])nc1)C2. The van der Waals surface area contributed by atoms with Crippen molar-refractivity contribution in [2.24, 2.45) is 5.92 Å². The van der Waals surface area contributed by atoms with Crippen LogP contribution < -0.4 is 10.2 Å². The van der Waals surface area contributed by atoms with E-state index in [4.69, 9.17) is 5.11 Å². The number of nitro groups is 1. The maximum absolute atomic E-state index is 10.7. The molecule has 1 amide bonds. The van der Waals surface area contributed by atoms with Crippen LogP contribution in [0.15, 0.2) is 18.3 Å². The number of aromatic nitrogens is 1. The van der Waals surface area contributed by atoms with E-state index in [1.165, 1.54) is 12.3 Å². The summed E-state index contributed by atoms with van der Waals surface area (Å²) in [6, 6.07) is 3.00. The number of amides is 1. The summed E-state index contributed by atoms with van der Waals surface area (Å²) in [5.41, 5.74) is 0.442. The average Bonchev–Trinajstić information content (AvgIpc) is 2.89. The Balaban J connectivity index is 1.72. The Kier molecular flexibility index (Phi) is 2.34. The molecule has 0 spiro atoms. The van der Waals surface area contributed by atoms with Gasteiger partial charge in [-0.2, -0.15) is 0 Å². The zero-order chi connectivity index (χ0) is 13.6. The predicted octanol–water partition coefficient (Wildman–Crippen LogP) is 0.836. The molecule has 19 heavy (non-hydrogen) atoms. The topological polar surface area (TPSA) is 109 Å². The van der Waals surface area contributed by atoms with Crippen LogP contribution in [0.3, 0.4) is 0 Å². The third kappa shape index (κ3) is 1.94. The molecule has 1 aromatic rings. The second kappa shape index (κ2) is 3.81. The molecule has 100 valence electrons. The van der Waals surface area contributed by atoms with Crippen molar-refractivity contribution in [3.05, 3.63) is 28.4 Å². The normalized spacial score (nSPS) is 27.8.